The molecule has 0 spiro atoms. The van der Waals surface area contributed by atoms with Gasteiger partial charge in [0.25, 0.3) is 0 Å². The van der Waals surface area contributed by atoms with Crippen molar-refractivity contribution < 1.29 is 0 Å². The van der Waals surface area contributed by atoms with E-state index >= 15 is 0 Å². The number of anilines is 2. The molecule has 4 heteroatoms. The van der Waals surface area contributed by atoms with Crippen molar-refractivity contribution in [2.45, 2.75) is 6.92 Å². The first kappa shape index (κ1) is 9.27. The van der Waals surface area contributed by atoms with Crippen LogP contribution in [0.2, 0.25) is 0 Å². The second kappa shape index (κ2) is 3.13. The molecule has 0 aliphatic rings. The number of fused-ring (bicyclic) bond motifs is 1. The van der Waals surface area contributed by atoms with Crippen LogP contribution in [0.3, 0.4) is 0 Å². The minimum Gasteiger partial charge on any atom is -0.396 e. The molecule has 0 saturated heterocycles. The molecule has 0 aliphatic carbocycles. The second-order valence-corrected chi connectivity index (χ2v) is 4.05. The van der Waals surface area contributed by atoms with Crippen LogP contribution in [-0.2, 0) is 0 Å². The minimum absolute atomic E-state index is 0.527. The van der Waals surface area contributed by atoms with Crippen molar-refractivity contribution in [3.8, 4) is 0 Å². The molecule has 72 valence electrons. The Labute approximate surface area is 90.2 Å². The summed E-state index contributed by atoms with van der Waals surface area (Å²) in [6.07, 6.45) is 1.59. The molecule has 4 N–H and O–H groups in total. The highest BCUT2D eigenvalue weighted by Crippen LogP contribution is 2.30. The van der Waals surface area contributed by atoms with Crippen LogP contribution in [0.4, 0.5) is 11.4 Å². The highest BCUT2D eigenvalue weighted by atomic mass is 79.9. The third kappa shape index (κ3) is 1.23. The van der Waals surface area contributed by atoms with Gasteiger partial charge in [0.1, 0.15) is 0 Å². The molecule has 0 aliphatic heterocycles. The molecular formula is C10H10BrN3. The predicted octanol–water partition coefficient (Wildman–Crippen LogP) is 2.47. The highest BCUT2D eigenvalue weighted by Gasteiger charge is 2.06. The summed E-state index contributed by atoms with van der Waals surface area (Å²) in [7, 11) is 0. The van der Waals surface area contributed by atoms with Gasteiger partial charge >= 0.3 is 0 Å². The molecule has 0 saturated carbocycles. The first-order valence-electron chi connectivity index (χ1n) is 4.20. The molecule has 0 radical (unpaired) electrons. The van der Waals surface area contributed by atoms with Crippen LogP contribution in [0.15, 0.2) is 22.8 Å². The summed E-state index contributed by atoms with van der Waals surface area (Å²) in [6, 6.07) is 3.88. The number of halogens is 1. The zero-order chi connectivity index (χ0) is 10.3. The second-order valence-electron chi connectivity index (χ2n) is 3.20. The number of benzene rings is 1. The van der Waals surface area contributed by atoms with E-state index in [2.05, 4.69) is 20.9 Å². The Morgan fingerprint density at radius 3 is 2.71 bits per heavy atom. The summed E-state index contributed by atoms with van der Waals surface area (Å²) >= 11 is 3.45. The van der Waals surface area contributed by atoms with Crippen LogP contribution in [0.25, 0.3) is 10.9 Å². The summed E-state index contributed by atoms with van der Waals surface area (Å²) in [5.41, 5.74) is 14.6. The van der Waals surface area contributed by atoms with Crippen molar-refractivity contribution in [1.82, 2.24) is 4.98 Å². The van der Waals surface area contributed by atoms with Crippen molar-refractivity contribution in [1.29, 1.82) is 0 Å². The van der Waals surface area contributed by atoms with Gasteiger partial charge in [0.15, 0.2) is 0 Å². The van der Waals surface area contributed by atoms with Crippen LogP contribution in [0.5, 0.6) is 0 Å². The van der Waals surface area contributed by atoms with Gasteiger partial charge < -0.3 is 11.5 Å². The molecule has 1 aromatic heterocycles. The lowest BCUT2D eigenvalue weighted by atomic mass is 10.1. The largest absolute Gasteiger partial charge is 0.396 e. The quantitative estimate of drug-likeness (QED) is 0.756. The first-order valence-corrected chi connectivity index (χ1v) is 4.99. The van der Waals surface area contributed by atoms with E-state index in [1.54, 1.807) is 6.20 Å². The van der Waals surface area contributed by atoms with Crippen molar-refractivity contribution >= 4 is 38.2 Å². The van der Waals surface area contributed by atoms with Gasteiger partial charge in [-0.1, -0.05) is 15.9 Å². The van der Waals surface area contributed by atoms with Gasteiger partial charge in [0, 0.05) is 9.86 Å². The van der Waals surface area contributed by atoms with Crippen LogP contribution in [-0.4, -0.2) is 4.98 Å². The fourth-order valence-corrected chi connectivity index (χ4v) is 1.74. The van der Waals surface area contributed by atoms with E-state index < -0.39 is 0 Å². The van der Waals surface area contributed by atoms with E-state index in [1.165, 1.54) is 0 Å². The molecule has 0 atom stereocenters. The maximum Gasteiger partial charge on any atom is 0.0764 e. The van der Waals surface area contributed by atoms with Crippen molar-refractivity contribution in [2.75, 3.05) is 11.5 Å². The normalized spacial score (nSPS) is 10.7. The molecule has 3 nitrogen and oxygen atoms in total. The zero-order valence-electron chi connectivity index (χ0n) is 7.71. The summed E-state index contributed by atoms with van der Waals surface area (Å²) in [6.45, 7) is 2.00. The van der Waals surface area contributed by atoms with Crippen LogP contribution in [0.1, 0.15) is 5.56 Å². The standard InChI is InChI=1S/C10H10BrN3/c1-5-7(11)3-2-6-9(13)8(12)4-14-10(5)6/h2-4H,12H2,1H3,(H2,13,14). The number of rotatable bonds is 0. The number of hydrogen-bond acceptors (Lipinski definition) is 3. The molecule has 0 bridgehead atoms. The van der Waals surface area contributed by atoms with Gasteiger partial charge in [0.05, 0.1) is 23.1 Å². The molecule has 0 amide bonds. The average Bonchev–Trinajstić information content (AvgIpc) is 2.17. The molecule has 2 aromatic rings. The number of aromatic nitrogens is 1. The van der Waals surface area contributed by atoms with E-state index in [0.717, 1.165) is 20.9 Å². The van der Waals surface area contributed by atoms with Crippen LogP contribution < -0.4 is 11.5 Å². The monoisotopic (exact) mass is 251 g/mol. The van der Waals surface area contributed by atoms with Gasteiger partial charge in [-0.15, -0.1) is 0 Å². The number of nitrogens with zero attached hydrogens (tertiary/aromatic N) is 1. The SMILES string of the molecule is Cc1c(Br)ccc2c(N)c(N)cnc12. The Kier molecular flexibility index (Phi) is 2.07. The van der Waals surface area contributed by atoms with Gasteiger partial charge in [-0.05, 0) is 24.6 Å². The molecule has 1 heterocycles. The van der Waals surface area contributed by atoms with Crippen molar-refractivity contribution in [3.63, 3.8) is 0 Å². The average molecular weight is 252 g/mol. The third-order valence-electron chi connectivity index (χ3n) is 2.30. The third-order valence-corrected chi connectivity index (χ3v) is 3.16. The lowest BCUT2D eigenvalue weighted by Crippen LogP contribution is -1.98. The molecule has 2 rings (SSSR count). The fourth-order valence-electron chi connectivity index (χ4n) is 1.42. The smallest absolute Gasteiger partial charge is 0.0764 e. The van der Waals surface area contributed by atoms with Crippen molar-refractivity contribution in [3.05, 3.63) is 28.4 Å². The highest BCUT2D eigenvalue weighted by molar-refractivity contribution is 9.10. The lowest BCUT2D eigenvalue weighted by molar-refractivity contribution is 1.35. The van der Waals surface area contributed by atoms with Gasteiger partial charge in [-0.3, -0.25) is 4.98 Å². The van der Waals surface area contributed by atoms with Gasteiger partial charge in [-0.25, -0.2) is 0 Å². The minimum atomic E-state index is 0.527. The maximum absolute atomic E-state index is 5.86. The van der Waals surface area contributed by atoms with E-state index in [9.17, 15) is 0 Å². The van der Waals surface area contributed by atoms with E-state index in [1.807, 2.05) is 19.1 Å². The maximum atomic E-state index is 5.86. The summed E-state index contributed by atoms with van der Waals surface area (Å²) in [5, 5.41) is 0.908. The van der Waals surface area contributed by atoms with Gasteiger partial charge in [-0.2, -0.15) is 0 Å². The molecule has 0 fully saturated rings. The first-order chi connectivity index (χ1) is 6.61. The lowest BCUT2D eigenvalue weighted by Gasteiger charge is -2.07. The Balaban J connectivity index is 2.94. The predicted molar refractivity (Wildman–Crippen MR) is 63.0 cm³/mol. The molecule has 1 aromatic carbocycles. The summed E-state index contributed by atoms with van der Waals surface area (Å²) in [5.74, 6) is 0. The van der Waals surface area contributed by atoms with Crippen LogP contribution in [0, 0.1) is 6.92 Å². The number of nitrogen functional groups attached to an aromatic ring is 2. The summed E-state index contributed by atoms with van der Waals surface area (Å²) in [4.78, 5) is 4.27. The topological polar surface area (TPSA) is 64.9 Å². The Hall–Kier alpha value is -1.29. The van der Waals surface area contributed by atoms with Crippen molar-refractivity contribution in [2.24, 2.45) is 0 Å². The Morgan fingerprint density at radius 2 is 2.00 bits per heavy atom. The molecule has 14 heavy (non-hydrogen) atoms. The summed E-state index contributed by atoms with van der Waals surface area (Å²) < 4.78 is 1.03. The van der Waals surface area contributed by atoms with E-state index in [4.69, 9.17) is 11.5 Å². The van der Waals surface area contributed by atoms with E-state index in [-0.39, 0.29) is 0 Å². The van der Waals surface area contributed by atoms with E-state index in [0.29, 0.717) is 11.4 Å². The number of nitrogens with two attached hydrogens (primary N) is 2. The fraction of sp³-hybridized carbons (Fsp3) is 0.100. The number of aryl methyl sites for hydroxylation is 1. The number of hydrogen-bond donors (Lipinski definition) is 2. The Morgan fingerprint density at radius 1 is 1.29 bits per heavy atom. The van der Waals surface area contributed by atoms with Gasteiger partial charge in [0.2, 0.25) is 0 Å². The Bertz CT molecular complexity index is 461. The number of pyridine rings is 1. The zero-order valence-corrected chi connectivity index (χ0v) is 9.30. The molecule has 0 unspecified atom stereocenters. The van der Waals surface area contributed by atoms with Crippen LogP contribution >= 0.6 is 15.9 Å². The molecular weight excluding hydrogens is 242 g/mol.